The molecule has 0 saturated heterocycles. The Morgan fingerprint density at radius 2 is 1.75 bits per heavy atom. The highest BCUT2D eigenvalue weighted by Crippen LogP contribution is 2.16. The highest BCUT2D eigenvalue weighted by atomic mass is 79.9. The van der Waals surface area contributed by atoms with E-state index < -0.39 is 23.4 Å². The van der Waals surface area contributed by atoms with Crippen LogP contribution < -0.4 is 0 Å². The topological polar surface area (TPSA) is 26.3 Å². The molecule has 6 heteroatoms. The van der Waals surface area contributed by atoms with Gasteiger partial charge in [0.25, 0.3) is 0 Å². The summed E-state index contributed by atoms with van der Waals surface area (Å²) in [5.74, 6) is -5.41. The average molecular weight is 345 g/mol. The normalized spacial score (nSPS) is 10.4. The van der Waals surface area contributed by atoms with Gasteiger partial charge in [0.2, 0.25) is 0 Å². The van der Waals surface area contributed by atoms with Gasteiger partial charge < -0.3 is 4.74 Å². The highest BCUT2D eigenvalue weighted by molar-refractivity contribution is 9.10. The van der Waals surface area contributed by atoms with Gasteiger partial charge in [-0.2, -0.15) is 0 Å². The Morgan fingerprint density at radius 1 is 1.10 bits per heavy atom. The van der Waals surface area contributed by atoms with Crippen LogP contribution in [0.3, 0.4) is 0 Å². The van der Waals surface area contributed by atoms with Crippen molar-refractivity contribution < 1.29 is 22.7 Å². The van der Waals surface area contributed by atoms with Gasteiger partial charge in [0.1, 0.15) is 6.61 Å². The van der Waals surface area contributed by atoms with E-state index in [4.69, 9.17) is 4.74 Å². The molecule has 0 atom stereocenters. The number of carbonyl (C=O) groups is 1. The summed E-state index contributed by atoms with van der Waals surface area (Å²) in [6.07, 6.45) is 0. The van der Waals surface area contributed by atoms with Crippen LogP contribution in [0.15, 0.2) is 40.9 Å². The van der Waals surface area contributed by atoms with Gasteiger partial charge in [0, 0.05) is 4.47 Å². The van der Waals surface area contributed by atoms with Crippen LogP contribution in [-0.4, -0.2) is 5.97 Å². The van der Waals surface area contributed by atoms with Gasteiger partial charge in [-0.3, -0.25) is 0 Å². The van der Waals surface area contributed by atoms with Gasteiger partial charge in [-0.25, -0.2) is 18.0 Å². The van der Waals surface area contributed by atoms with Crippen molar-refractivity contribution in [3.8, 4) is 0 Å². The Hall–Kier alpha value is -1.82. The van der Waals surface area contributed by atoms with Gasteiger partial charge in [-0.05, 0) is 29.8 Å². The number of esters is 1. The molecule has 0 N–H and O–H groups in total. The Balaban J connectivity index is 2.09. The predicted octanol–water partition coefficient (Wildman–Crippen LogP) is 4.22. The van der Waals surface area contributed by atoms with Crippen LogP contribution in [0.2, 0.25) is 0 Å². The summed E-state index contributed by atoms with van der Waals surface area (Å²) in [4.78, 5) is 11.6. The molecule has 104 valence electrons. The molecule has 0 aliphatic rings. The second kappa shape index (κ2) is 6.09. The van der Waals surface area contributed by atoms with Crippen molar-refractivity contribution in [3.05, 3.63) is 69.4 Å². The molecular formula is C14H8BrF3O2. The lowest BCUT2D eigenvalue weighted by molar-refractivity contribution is 0.0471. The van der Waals surface area contributed by atoms with Crippen molar-refractivity contribution >= 4 is 21.9 Å². The minimum atomic E-state index is -1.62. The molecule has 0 aliphatic carbocycles. The molecule has 2 aromatic rings. The largest absolute Gasteiger partial charge is 0.457 e. The third kappa shape index (κ3) is 3.39. The van der Waals surface area contributed by atoms with Crippen molar-refractivity contribution in [2.75, 3.05) is 0 Å². The smallest absolute Gasteiger partial charge is 0.338 e. The summed E-state index contributed by atoms with van der Waals surface area (Å²) in [5.41, 5.74) is 0.326. The zero-order valence-electron chi connectivity index (χ0n) is 10.00. The zero-order chi connectivity index (χ0) is 14.7. The third-order valence-corrected chi connectivity index (χ3v) is 2.97. The van der Waals surface area contributed by atoms with E-state index in [-0.39, 0.29) is 12.2 Å². The fourth-order valence-electron chi connectivity index (χ4n) is 1.53. The lowest BCUT2D eigenvalue weighted by atomic mass is 10.2. The van der Waals surface area contributed by atoms with E-state index in [2.05, 4.69) is 15.9 Å². The molecule has 0 unspecified atom stereocenters. The first kappa shape index (κ1) is 14.6. The molecule has 0 aromatic heterocycles. The maximum atomic E-state index is 13.0. The van der Waals surface area contributed by atoms with Crippen LogP contribution in [0.5, 0.6) is 0 Å². The summed E-state index contributed by atoms with van der Waals surface area (Å²) in [7, 11) is 0. The lowest BCUT2D eigenvalue weighted by Crippen LogP contribution is -2.07. The minimum Gasteiger partial charge on any atom is -0.457 e. The van der Waals surface area contributed by atoms with Crippen LogP contribution in [0.1, 0.15) is 15.9 Å². The summed E-state index contributed by atoms with van der Waals surface area (Å²) < 4.78 is 44.5. The van der Waals surface area contributed by atoms with Gasteiger partial charge in [0.15, 0.2) is 17.5 Å². The maximum absolute atomic E-state index is 13.0. The van der Waals surface area contributed by atoms with Crippen LogP contribution in [0.25, 0.3) is 0 Å². The van der Waals surface area contributed by atoms with Crippen molar-refractivity contribution in [3.63, 3.8) is 0 Å². The molecule has 0 saturated carbocycles. The second-order valence-electron chi connectivity index (χ2n) is 3.96. The number of carbonyl (C=O) groups excluding carboxylic acids is 1. The zero-order valence-corrected chi connectivity index (χ0v) is 11.6. The first-order valence-corrected chi connectivity index (χ1v) is 6.33. The van der Waals surface area contributed by atoms with Crippen LogP contribution in [-0.2, 0) is 11.3 Å². The Morgan fingerprint density at radius 3 is 2.35 bits per heavy atom. The second-order valence-corrected chi connectivity index (χ2v) is 4.88. The molecule has 2 aromatic carbocycles. The number of hydrogen-bond acceptors (Lipinski definition) is 2. The molecule has 2 rings (SSSR count). The van der Waals surface area contributed by atoms with E-state index in [9.17, 15) is 18.0 Å². The summed E-state index contributed by atoms with van der Waals surface area (Å²) in [6.45, 7) is -0.0567. The summed E-state index contributed by atoms with van der Waals surface area (Å²) >= 11 is 3.26. The fraction of sp³-hybridized carbons (Fsp3) is 0.0714. The molecular weight excluding hydrogens is 337 g/mol. The van der Waals surface area contributed by atoms with Crippen molar-refractivity contribution in [2.45, 2.75) is 6.61 Å². The molecule has 0 aliphatic heterocycles. The van der Waals surface area contributed by atoms with E-state index in [1.807, 2.05) is 0 Å². The van der Waals surface area contributed by atoms with E-state index in [1.54, 1.807) is 24.3 Å². The van der Waals surface area contributed by atoms with E-state index in [0.29, 0.717) is 17.7 Å². The quantitative estimate of drug-likeness (QED) is 0.615. The van der Waals surface area contributed by atoms with E-state index in [0.717, 1.165) is 4.47 Å². The van der Waals surface area contributed by atoms with Crippen molar-refractivity contribution in [2.24, 2.45) is 0 Å². The van der Waals surface area contributed by atoms with E-state index in [1.165, 1.54) is 0 Å². The van der Waals surface area contributed by atoms with Gasteiger partial charge in [-0.1, -0.05) is 28.1 Å². The predicted molar refractivity (Wildman–Crippen MR) is 69.6 cm³/mol. The SMILES string of the molecule is O=C(OCc1cccc(Br)c1)c1cc(F)c(F)c(F)c1. The lowest BCUT2D eigenvalue weighted by Gasteiger charge is -2.06. The standard InChI is InChI=1S/C14H8BrF3O2/c15-10-3-1-2-8(4-10)7-20-14(19)9-5-11(16)13(18)12(17)6-9/h1-6H,7H2. The van der Waals surface area contributed by atoms with Crippen LogP contribution in [0.4, 0.5) is 13.2 Å². The van der Waals surface area contributed by atoms with Crippen LogP contribution >= 0.6 is 15.9 Å². The highest BCUT2D eigenvalue weighted by Gasteiger charge is 2.16. The number of halogens is 4. The van der Waals surface area contributed by atoms with Gasteiger partial charge in [-0.15, -0.1) is 0 Å². The maximum Gasteiger partial charge on any atom is 0.338 e. The first-order valence-electron chi connectivity index (χ1n) is 5.53. The van der Waals surface area contributed by atoms with Crippen molar-refractivity contribution in [1.29, 1.82) is 0 Å². The average Bonchev–Trinajstić information content (AvgIpc) is 2.41. The molecule has 0 fully saturated rings. The Bertz CT molecular complexity index is 636. The Kier molecular flexibility index (Phi) is 4.44. The van der Waals surface area contributed by atoms with E-state index >= 15 is 0 Å². The first-order chi connectivity index (χ1) is 9.47. The molecule has 0 radical (unpaired) electrons. The number of benzene rings is 2. The third-order valence-electron chi connectivity index (χ3n) is 2.48. The monoisotopic (exact) mass is 344 g/mol. The molecule has 2 nitrogen and oxygen atoms in total. The number of rotatable bonds is 3. The van der Waals surface area contributed by atoms with Crippen molar-refractivity contribution in [1.82, 2.24) is 0 Å². The summed E-state index contributed by atoms with van der Waals surface area (Å²) in [5, 5.41) is 0. The molecule has 0 amide bonds. The Labute approximate surface area is 121 Å². The molecule has 0 spiro atoms. The number of ether oxygens (including phenoxy) is 1. The van der Waals surface area contributed by atoms with Gasteiger partial charge >= 0.3 is 5.97 Å². The van der Waals surface area contributed by atoms with Crippen LogP contribution in [0, 0.1) is 17.5 Å². The fourth-order valence-corrected chi connectivity index (χ4v) is 1.98. The van der Waals surface area contributed by atoms with Gasteiger partial charge in [0.05, 0.1) is 5.56 Å². The summed E-state index contributed by atoms with van der Waals surface area (Å²) in [6, 6.07) is 8.22. The molecule has 20 heavy (non-hydrogen) atoms. The molecule has 0 bridgehead atoms. The number of hydrogen-bond donors (Lipinski definition) is 0. The molecule has 0 heterocycles. The minimum absolute atomic E-state index is 0.0567.